The van der Waals surface area contributed by atoms with Gasteiger partial charge < -0.3 is 5.32 Å². The summed E-state index contributed by atoms with van der Waals surface area (Å²) in [5, 5.41) is 3.22. The maximum Gasteiger partial charge on any atom is 0.389 e. The molecule has 0 radical (unpaired) electrons. The van der Waals surface area contributed by atoms with Gasteiger partial charge in [-0.1, -0.05) is 28.1 Å². The molecular weight excluding hydrogens is 307 g/mol. The zero-order valence-electron chi connectivity index (χ0n) is 10.2. The number of benzene rings is 1. The molecule has 0 amide bonds. The van der Waals surface area contributed by atoms with Gasteiger partial charge >= 0.3 is 6.18 Å². The molecule has 0 heterocycles. The normalized spacial score (nSPS) is 13.6. The van der Waals surface area contributed by atoms with Gasteiger partial charge in [0, 0.05) is 16.9 Å². The molecule has 0 saturated heterocycles. The van der Waals surface area contributed by atoms with Crippen molar-refractivity contribution < 1.29 is 13.2 Å². The fraction of sp³-hybridized carbons (Fsp3) is 0.538. The maximum atomic E-state index is 11.9. The van der Waals surface area contributed by atoms with E-state index in [-0.39, 0.29) is 12.5 Å². The molecule has 5 heteroatoms. The molecule has 1 aromatic rings. The Morgan fingerprint density at radius 1 is 1.28 bits per heavy atom. The van der Waals surface area contributed by atoms with Gasteiger partial charge in [0.2, 0.25) is 0 Å². The van der Waals surface area contributed by atoms with E-state index >= 15 is 0 Å². The Bertz CT molecular complexity index is 365. The highest BCUT2D eigenvalue weighted by Crippen LogP contribution is 2.22. The maximum absolute atomic E-state index is 11.9. The molecule has 0 fully saturated rings. The minimum Gasteiger partial charge on any atom is -0.310 e. The van der Waals surface area contributed by atoms with E-state index in [1.54, 1.807) is 0 Å². The van der Waals surface area contributed by atoms with Crippen LogP contribution in [0.25, 0.3) is 0 Å². The van der Waals surface area contributed by atoms with Crippen LogP contribution in [-0.2, 0) is 0 Å². The first-order valence-corrected chi connectivity index (χ1v) is 6.73. The zero-order chi connectivity index (χ0) is 13.6. The fourth-order valence-electron chi connectivity index (χ4n) is 1.66. The molecule has 0 saturated carbocycles. The van der Waals surface area contributed by atoms with E-state index in [4.69, 9.17) is 0 Å². The molecule has 0 bridgehead atoms. The summed E-state index contributed by atoms with van der Waals surface area (Å²) in [6.45, 7) is 2.61. The smallest absolute Gasteiger partial charge is 0.310 e. The van der Waals surface area contributed by atoms with Crippen LogP contribution in [0.5, 0.6) is 0 Å². The first kappa shape index (κ1) is 15.5. The summed E-state index contributed by atoms with van der Waals surface area (Å²) < 4.78 is 36.8. The largest absolute Gasteiger partial charge is 0.389 e. The number of hydrogen-bond donors (Lipinski definition) is 1. The number of rotatable bonds is 6. The Kier molecular flexibility index (Phi) is 6.15. The van der Waals surface area contributed by atoms with Crippen molar-refractivity contribution in [3.8, 4) is 0 Å². The van der Waals surface area contributed by atoms with Crippen molar-refractivity contribution in [3.63, 3.8) is 0 Å². The molecule has 1 N–H and O–H groups in total. The van der Waals surface area contributed by atoms with E-state index in [2.05, 4.69) is 21.2 Å². The first-order chi connectivity index (χ1) is 8.38. The summed E-state index contributed by atoms with van der Waals surface area (Å²) >= 11 is 3.39. The van der Waals surface area contributed by atoms with Crippen LogP contribution in [0.3, 0.4) is 0 Å². The third-order valence-electron chi connectivity index (χ3n) is 2.69. The van der Waals surface area contributed by atoms with Crippen LogP contribution in [0.4, 0.5) is 13.2 Å². The van der Waals surface area contributed by atoms with Crippen LogP contribution < -0.4 is 5.32 Å². The van der Waals surface area contributed by atoms with Gasteiger partial charge in [-0.3, -0.25) is 0 Å². The summed E-state index contributed by atoms with van der Waals surface area (Å²) in [5.41, 5.74) is 1.13. The average Bonchev–Trinajstić information content (AvgIpc) is 2.26. The number of alkyl halides is 3. The van der Waals surface area contributed by atoms with Crippen molar-refractivity contribution in [2.45, 2.75) is 38.4 Å². The molecule has 0 aliphatic carbocycles. The van der Waals surface area contributed by atoms with Crippen LogP contribution in [0.15, 0.2) is 28.7 Å². The van der Waals surface area contributed by atoms with Gasteiger partial charge in [-0.25, -0.2) is 0 Å². The zero-order valence-corrected chi connectivity index (χ0v) is 11.8. The van der Waals surface area contributed by atoms with E-state index in [0.29, 0.717) is 13.0 Å². The molecule has 0 aliphatic heterocycles. The first-order valence-electron chi connectivity index (χ1n) is 5.94. The average molecular weight is 324 g/mol. The van der Waals surface area contributed by atoms with E-state index in [1.165, 1.54) is 0 Å². The van der Waals surface area contributed by atoms with Crippen LogP contribution in [0.2, 0.25) is 0 Å². The second-order valence-electron chi connectivity index (χ2n) is 4.30. The Balaban J connectivity index is 2.23. The molecule has 1 nitrogen and oxygen atoms in total. The summed E-state index contributed by atoms with van der Waals surface area (Å²) in [5.74, 6) is 0. The quantitative estimate of drug-likeness (QED) is 0.739. The van der Waals surface area contributed by atoms with E-state index < -0.39 is 12.6 Å². The lowest BCUT2D eigenvalue weighted by molar-refractivity contribution is -0.135. The van der Waals surface area contributed by atoms with Crippen molar-refractivity contribution >= 4 is 15.9 Å². The lowest BCUT2D eigenvalue weighted by Crippen LogP contribution is -2.20. The Morgan fingerprint density at radius 2 is 2.00 bits per heavy atom. The van der Waals surface area contributed by atoms with Gasteiger partial charge in [0.25, 0.3) is 0 Å². The molecule has 1 atom stereocenters. The lowest BCUT2D eigenvalue weighted by Gasteiger charge is -2.14. The van der Waals surface area contributed by atoms with Crippen molar-refractivity contribution in [1.82, 2.24) is 5.32 Å². The third kappa shape index (κ3) is 6.40. The van der Waals surface area contributed by atoms with Crippen molar-refractivity contribution in [3.05, 3.63) is 34.3 Å². The summed E-state index contributed by atoms with van der Waals surface area (Å²) in [7, 11) is 0. The fourth-order valence-corrected chi connectivity index (χ4v) is 2.08. The second-order valence-corrected chi connectivity index (χ2v) is 5.22. The minimum absolute atomic E-state index is 0.147. The molecule has 0 aliphatic rings. The summed E-state index contributed by atoms with van der Waals surface area (Å²) in [4.78, 5) is 0. The number of halogens is 4. The highest BCUT2D eigenvalue weighted by molar-refractivity contribution is 9.10. The molecule has 1 unspecified atom stereocenters. The third-order valence-corrected chi connectivity index (χ3v) is 3.18. The van der Waals surface area contributed by atoms with Crippen molar-refractivity contribution in [2.75, 3.05) is 6.54 Å². The van der Waals surface area contributed by atoms with Crippen molar-refractivity contribution in [2.24, 2.45) is 0 Å². The topological polar surface area (TPSA) is 12.0 Å². The summed E-state index contributed by atoms with van der Waals surface area (Å²) in [6.07, 6.45) is -4.00. The van der Waals surface area contributed by atoms with Gasteiger partial charge in [0.1, 0.15) is 0 Å². The summed E-state index contributed by atoms with van der Waals surface area (Å²) in [6, 6.07) is 8.04. The predicted molar refractivity (Wildman–Crippen MR) is 70.5 cm³/mol. The Morgan fingerprint density at radius 3 is 2.61 bits per heavy atom. The SMILES string of the molecule is CC(NCCCCC(F)(F)F)c1cccc(Br)c1. The number of nitrogens with one attached hydrogen (secondary N) is 1. The van der Waals surface area contributed by atoms with Gasteiger partial charge in [0.05, 0.1) is 0 Å². The van der Waals surface area contributed by atoms with Gasteiger partial charge in [-0.15, -0.1) is 0 Å². The highest BCUT2D eigenvalue weighted by atomic mass is 79.9. The van der Waals surface area contributed by atoms with Gasteiger partial charge in [-0.2, -0.15) is 13.2 Å². The monoisotopic (exact) mass is 323 g/mol. The molecule has 0 aromatic heterocycles. The standard InChI is InChI=1S/C13H17BrF3N/c1-10(11-5-4-6-12(14)9-11)18-8-3-2-7-13(15,16)17/h4-6,9-10,18H,2-3,7-8H2,1H3. The van der Waals surface area contributed by atoms with Crippen LogP contribution in [-0.4, -0.2) is 12.7 Å². The van der Waals surface area contributed by atoms with E-state index in [0.717, 1.165) is 10.0 Å². The predicted octanol–water partition coefficient (Wildman–Crippen LogP) is 4.83. The van der Waals surface area contributed by atoms with E-state index in [9.17, 15) is 13.2 Å². The highest BCUT2D eigenvalue weighted by Gasteiger charge is 2.25. The van der Waals surface area contributed by atoms with Crippen LogP contribution in [0, 0.1) is 0 Å². The Labute approximate surface area is 114 Å². The number of unbranched alkanes of at least 4 members (excludes halogenated alkanes) is 1. The molecule has 102 valence electrons. The second kappa shape index (κ2) is 7.14. The molecule has 1 aromatic carbocycles. The number of hydrogen-bond acceptors (Lipinski definition) is 1. The molecule has 0 spiro atoms. The van der Waals surface area contributed by atoms with Gasteiger partial charge in [-0.05, 0) is 44.0 Å². The lowest BCUT2D eigenvalue weighted by atomic mass is 10.1. The minimum atomic E-state index is -4.03. The van der Waals surface area contributed by atoms with E-state index in [1.807, 2.05) is 31.2 Å². The molecule has 18 heavy (non-hydrogen) atoms. The van der Waals surface area contributed by atoms with Crippen LogP contribution in [0.1, 0.15) is 37.8 Å². The molecule has 1 rings (SSSR count). The van der Waals surface area contributed by atoms with Crippen molar-refractivity contribution in [1.29, 1.82) is 0 Å². The Hall–Kier alpha value is -0.550. The molecular formula is C13H17BrF3N. The van der Waals surface area contributed by atoms with Crippen LogP contribution >= 0.6 is 15.9 Å². The van der Waals surface area contributed by atoms with Gasteiger partial charge in [0.15, 0.2) is 0 Å².